The van der Waals surface area contributed by atoms with Gasteiger partial charge in [0, 0.05) is 18.3 Å². The fraction of sp³-hybridized carbons (Fsp3) is 0.571. The number of alkyl halides is 3. The molecule has 1 aliphatic rings. The molecule has 5 heteroatoms. The maximum Gasteiger partial charge on any atom is 0.410 e. The maximum atomic E-state index is 13.3. The molecule has 19 heavy (non-hydrogen) atoms. The van der Waals surface area contributed by atoms with Crippen LogP contribution >= 0.6 is 0 Å². The van der Waals surface area contributed by atoms with E-state index < -0.39 is 18.3 Å². The highest BCUT2D eigenvalue weighted by Crippen LogP contribution is 2.34. The number of hydrogen-bond acceptors (Lipinski definition) is 2. The third kappa shape index (κ3) is 3.03. The lowest BCUT2D eigenvalue weighted by atomic mass is 10.0. The van der Waals surface area contributed by atoms with Crippen LogP contribution in [0.25, 0.3) is 0 Å². The zero-order chi connectivity index (χ0) is 14.0. The zero-order valence-electron chi connectivity index (χ0n) is 11.0. The molecule has 2 unspecified atom stereocenters. The number of hydrogen-bond donors (Lipinski definition) is 1. The molecule has 0 aromatic heterocycles. The van der Waals surface area contributed by atoms with Crippen LogP contribution < -0.4 is 10.6 Å². The van der Waals surface area contributed by atoms with Crippen LogP contribution in [0.4, 0.5) is 18.9 Å². The van der Waals surface area contributed by atoms with Crippen molar-refractivity contribution >= 4 is 5.69 Å². The number of fused-ring (bicyclic) bond motifs is 1. The van der Waals surface area contributed by atoms with Gasteiger partial charge in [0.15, 0.2) is 0 Å². The van der Waals surface area contributed by atoms with Gasteiger partial charge < -0.3 is 10.6 Å². The van der Waals surface area contributed by atoms with Crippen molar-refractivity contribution in [3.63, 3.8) is 0 Å². The van der Waals surface area contributed by atoms with Crippen molar-refractivity contribution in [2.75, 3.05) is 11.4 Å². The molecule has 1 aromatic rings. The average Bonchev–Trinajstić information content (AvgIpc) is 2.50. The first-order chi connectivity index (χ1) is 8.91. The van der Waals surface area contributed by atoms with Crippen LogP contribution in [0.1, 0.15) is 25.3 Å². The van der Waals surface area contributed by atoms with Crippen LogP contribution in [-0.2, 0) is 6.42 Å². The molecule has 1 aromatic carbocycles. The molecule has 0 bridgehead atoms. The van der Waals surface area contributed by atoms with Crippen molar-refractivity contribution < 1.29 is 13.2 Å². The van der Waals surface area contributed by atoms with Crippen molar-refractivity contribution in [2.45, 2.75) is 44.4 Å². The van der Waals surface area contributed by atoms with Gasteiger partial charge >= 0.3 is 6.18 Å². The summed E-state index contributed by atoms with van der Waals surface area (Å²) in [5, 5.41) is 0. The largest absolute Gasteiger partial charge is 0.410 e. The van der Waals surface area contributed by atoms with E-state index in [-0.39, 0.29) is 0 Å². The average molecular weight is 272 g/mol. The molecule has 0 saturated heterocycles. The number of anilines is 1. The van der Waals surface area contributed by atoms with Crippen LogP contribution in [0, 0.1) is 0 Å². The van der Waals surface area contributed by atoms with Crippen LogP contribution in [0.3, 0.4) is 0 Å². The lowest BCUT2D eigenvalue weighted by Crippen LogP contribution is -2.55. The molecule has 2 nitrogen and oxygen atoms in total. The van der Waals surface area contributed by atoms with Crippen molar-refractivity contribution in [3.05, 3.63) is 29.8 Å². The molecule has 1 aliphatic heterocycles. The number of benzene rings is 1. The molecule has 1 heterocycles. The predicted molar refractivity (Wildman–Crippen MR) is 70.2 cm³/mol. The minimum absolute atomic E-state index is 0.405. The fourth-order valence-corrected chi connectivity index (χ4v) is 2.77. The number of para-hydroxylation sites is 1. The molecular weight excluding hydrogens is 253 g/mol. The summed E-state index contributed by atoms with van der Waals surface area (Å²) in [5.41, 5.74) is 7.26. The lowest BCUT2D eigenvalue weighted by Gasteiger charge is -2.37. The number of nitrogens with zero attached hydrogens (tertiary/aromatic N) is 1. The number of nitrogens with two attached hydrogens (primary N) is 1. The van der Waals surface area contributed by atoms with E-state index in [1.807, 2.05) is 12.1 Å². The van der Waals surface area contributed by atoms with E-state index in [9.17, 15) is 13.2 Å². The Kier molecular flexibility index (Phi) is 4.04. The normalized spacial score (nSPS) is 19.5. The third-order valence-electron chi connectivity index (χ3n) is 3.57. The Morgan fingerprint density at radius 3 is 2.53 bits per heavy atom. The second-order valence-corrected chi connectivity index (χ2v) is 5.12. The van der Waals surface area contributed by atoms with Crippen molar-refractivity contribution in [1.29, 1.82) is 0 Å². The Morgan fingerprint density at radius 2 is 1.89 bits per heavy atom. The summed E-state index contributed by atoms with van der Waals surface area (Å²) in [6.45, 7) is 1.83. The minimum Gasteiger partial charge on any atom is -0.358 e. The van der Waals surface area contributed by atoms with Gasteiger partial charge in [0.25, 0.3) is 0 Å². The SMILES string of the molecule is CC(N)C(N1CCCCc2ccccc21)C(F)(F)F. The van der Waals surface area contributed by atoms with E-state index in [4.69, 9.17) is 5.73 Å². The molecule has 0 saturated carbocycles. The van der Waals surface area contributed by atoms with Gasteiger partial charge in [0.05, 0.1) is 0 Å². The Balaban J connectivity index is 2.42. The maximum absolute atomic E-state index is 13.3. The van der Waals surface area contributed by atoms with Crippen molar-refractivity contribution in [1.82, 2.24) is 0 Å². The molecule has 106 valence electrons. The van der Waals surface area contributed by atoms with Crippen molar-refractivity contribution in [2.24, 2.45) is 5.73 Å². The van der Waals surface area contributed by atoms with E-state index in [2.05, 4.69) is 0 Å². The van der Waals surface area contributed by atoms with Gasteiger partial charge in [0.1, 0.15) is 6.04 Å². The highest BCUT2D eigenvalue weighted by molar-refractivity contribution is 5.55. The van der Waals surface area contributed by atoms with E-state index in [1.165, 1.54) is 11.8 Å². The number of rotatable bonds is 2. The minimum atomic E-state index is -4.31. The zero-order valence-corrected chi connectivity index (χ0v) is 11.0. The van der Waals surface area contributed by atoms with Crippen LogP contribution in [-0.4, -0.2) is 24.8 Å². The van der Waals surface area contributed by atoms with Gasteiger partial charge in [-0.15, -0.1) is 0 Å². The molecule has 2 rings (SSSR count). The van der Waals surface area contributed by atoms with Gasteiger partial charge in [-0.2, -0.15) is 13.2 Å². The topological polar surface area (TPSA) is 29.3 Å². The monoisotopic (exact) mass is 272 g/mol. The second kappa shape index (κ2) is 5.41. The standard InChI is InChI=1S/C14H19F3N2/c1-10(18)13(14(15,16)17)19-9-5-4-7-11-6-2-3-8-12(11)19/h2-3,6,8,10,13H,4-5,7,9,18H2,1H3. The van der Waals surface area contributed by atoms with Gasteiger partial charge in [0.2, 0.25) is 0 Å². The molecule has 0 aliphatic carbocycles. The molecule has 0 spiro atoms. The highest BCUT2D eigenvalue weighted by Gasteiger charge is 2.46. The van der Waals surface area contributed by atoms with E-state index in [0.717, 1.165) is 24.8 Å². The Bertz CT molecular complexity index is 429. The third-order valence-corrected chi connectivity index (χ3v) is 3.57. The van der Waals surface area contributed by atoms with Crippen molar-refractivity contribution in [3.8, 4) is 0 Å². The van der Waals surface area contributed by atoms with Crippen LogP contribution in [0.2, 0.25) is 0 Å². The van der Waals surface area contributed by atoms with E-state index >= 15 is 0 Å². The first-order valence-electron chi connectivity index (χ1n) is 6.58. The summed E-state index contributed by atoms with van der Waals surface area (Å²) in [5.74, 6) is 0. The summed E-state index contributed by atoms with van der Waals surface area (Å²) in [6, 6.07) is 4.75. The fourth-order valence-electron chi connectivity index (χ4n) is 2.77. The molecule has 0 amide bonds. The highest BCUT2D eigenvalue weighted by atomic mass is 19.4. The van der Waals surface area contributed by atoms with Crippen LogP contribution in [0.5, 0.6) is 0 Å². The van der Waals surface area contributed by atoms with Gasteiger partial charge in [-0.05, 0) is 37.8 Å². The predicted octanol–water partition coefficient (Wildman–Crippen LogP) is 3.11. The summed E-state index contributed by atoms with van der Waals surface area (Å²) >= 11 is 0. The summed E-state index contributed by atoms with van der Waals surface area (Å²) in [4.78, 5) is 1.44. The molecule has 2 N–H and O–H groups in total. The first-order valence-corrected chi connectivity index (χ1v) is 6.58. The second-order valence-electron chi connectivity index (χ2n) is 5.12. The lowest BCUT2D eigenvalue weighted by molar-refractivity contribution is -0.152. The molecule has 0 fully saturated rings. The van der Waals surface area contributed by atoms with Crippen LogP contribution in [0.15, 0.2) is 24.3 Å². The molecule has 0 radical (unpaired) electrons. The smallest absolute Gasteiger partial charge is 0.358 e. The molecular formula is C14H19F3N2. The summed E-state index contributed by atoms with van der Waals surface area (Å²) in [6.07, 6.45) is -1.81. The van der Waals surface area contributed by atoms with Gasteiger partial charge in [-0.25, -0.2) is 0 Å². The Hall–Kier alpha value is -1.23. The quantitative estimate of drug-likeness (QED) is 0.896. The van der Waals surface area contributed by atoms with E-state index in [1.54, 1.807) is 12.1 Å². The number of halogens is 3. The van der Waals surface area contributed by atoms with E-state index in [0.29, 0.717) is 12.2 Å². The summed E-state index contributed by atoms with van der Waals surface area (Å²) in [7, 11) is 0. The number of aryl methyl sites for hydroxylation is 1. The van der Waals surface area contributed by atoms with Gasteiger partial charge in [-0.3, -0.25) is 0 Å². The Morgan fingerprint density at radius 1 is 1.21 bits per heavy atom. The summed E-state index contributed by atoms with van der Waals surface area (Å²) < 4.78 is 39.8. The molecule has 2 atom stereocenters. The first kappa shape index (κ1) is 14.2. The Labute approximate surface area is 111 Å². The van der Waals surface area contributed by atoms with Gasteiger partial charge in [-0.1, -0.05) is 18.2 Å².